The SMILES string of the molecule is CCN(C)C(=O)NC(=Nc1ccc(Oc2cc(F)cc(C(N)=O)c2)cc1)N(C=O)Cc1ccc(Cl)cc1. The van der Waals surface area contributed by atoms with Gasteiger partial charge in [-0.15, -0.1) is 0 Å². The number of aliphatic imine (C=N–C) groups is 1. The Morgan fingerprint density at radius 3 is 2.35 bits per heavy atom. The number of amides is 4. The van der Waals surface area contributed by atoms with E-state index in [9.17, 15) is 18.8 Å². The Morgan fingerprint density at radius 2 is 1.76 bits per heavy atom. The lowest BCUT2D eigenvalue weighted by molar-refractivity contribution is -0.115. The third-order valence-electron chi connectivity index (χ3n) is 5.17. The van der Waals surface area contributed by atoms with Crippen molar-refractivity contribution in [3.05, 3.63) is 88.7 Å². The second-order valence-corrected chi connectivity index (χ2v) is 8.31. The monoisotopic (exact) mass is 525 g/mol. The molecular weight excluding hydrogens is 501 g/mol. The average Bonchev–Trinajstić information content (AvgIpc) is 2.88. The zero-order valence-electron chi connectivity index (χ0n) is 20.2. The maximum absolute atomic E-state index is 13.8. The van der Waals surface area contributed by atoms with Crippen LogP contribution >= 0.6 is 11.6 Å². The highest BCUT2D eigenvalue weighted by Gasteiger charge is 2.17. The number of carbonyl (C=O) groups excluding carboxylic acids is 3. The molecule has 0 fully saturated rings. The molecule has 0 bridgehead atoms. The number of rotatable bonds is 8. The van der Waals surface area contributed by atoms with Gasteiger partial charge < -0.3 is 15.4 Å². The van der Waals surface area contributed by atoms with E-state index in [4.69, 9.17) is 22.1 Å². The first kappa shape index (κ1) is 27.2. The Kier molecular flexibility index (Phi) is 9.17. The fraction of sp³-hybridized carbons (Fsp3) is 0.154. The van der Waals surface area contributed by atoms with Gasteiger partial charge in [-0.3, -0.25) is 19.8 Å². The first-order chi connectivity index (χ1) is 17.7. The van der Waals surface area contributed by atoms with Crippen molar-refractivity contribution in [2.75, 3.05) is 13.6 Å². The van der Waals surface area contributed by atoms with Crippen LogP contribution in [0.2, 0.25) is 5.02 Å². The molecule has 9 nitrogen and oxygen atoms in total. The normalized spacial score (nSPS) is 11.0. The molecule has 0 aromatic heterocycles. The lowest BCUT2D eigenvalue weighted by Gasteiger charge is -2.23. The molecule has 0 aliphatic carbocycles. The van der Waals surface area contributed by atoms with Gasteiger partial charge in [-0.1, -0.05) is 23.7 Å². The molecule has 192 valence electrons. The van der Waals surface area contributed by atoms with Gasteiger partial charge in [0.25, 0.3) is 0 Å². The van der Waals surface area contributed by atoms with E-state index < -0.39 is 17.8 Å². The van der Waals surface area contributed by atoms with E-state index in [1.165, 1.54) is 15.9 Å². The number of nitrogens with two attached hydrogens (primary N) is 1. The molecule has 4 amide bonds. The summed E-state index contributed by atoms with van der Waals surface area (Å²) in [5, 5.41) is 3.22. The lowest BCUT2D eigenvalue weighted by atomic mass is 10.2. The van der Waals surface area contributed by atoms with Crippen LogP contribution in [0.5, 0.6) is 11.5 Å². The summed E-state index contributed by atoms with van der Waals surface area (Å²) in [6, 6.07) is 16.2. The Labute approximate surface area is 218 Å². The molecule has 11 heteroatoms. The largest absolute Gasteiger partial charge is 0.457 e. The van der Waals surface area contributed by atoms with Crippen LogP contribution in [0.3, 0.4) is 0 Å². The quantitative estimate of drug-likeness (QED) is 0.252. The average molecular weight is 526 g/mol. The number of primary amides is 1. The van der Waals surface area contributed by atoms with Crippen LogP contribution < -0.4 is 15.8 Å². The highest BCUT2D eigenvalue weighted by molar-refractivity contribution is 6.30. The first-order valence-electron chi connectivity index (χ1n) is 11.1. The molecule has 37 heavy (non-hydrogen) atoms. The molecule has 3 rings (SSSR count). The maximum atomic E-state index is 13.8. The smallest absolute Gasteiger partial charge is 0.323 e. The molecule has 0 unspecified atom stereocenters. The van der Waals surface area contributed by atoms with E-state index in [1.54, 1.807) is 55.6 Å². The van der Waals surface area contributed by atoms with Crippen LogP contribution in [-0.4, -0.2) is 47.7 Å². The second kappa shape index (κ2) is 12.5. The second-order valence-electron chi connectivity index (χ2n) is 7.88. The fourth-order valence-corrected chi connectivity index (χ4v) is 3.18. The van der Waals surface area contributed by atoms with Crippen molar-refractivity contribution in [1.29, 1.82) is 0 Å². The Morgan fingerprint density at radius 1 is 1.08 bits per heavy atom. The Bertz CT molecular complexity index is 1300. The standard InChI is InChI=1S/C26H25ClFN5O4/c1-3-32(2)26(36)31-25(33(16-34)15-17-4-6-19(27)7-5-17)30-21-8-10-22(11-9-21)37-23-13-18(24(29)35)12-20(28)14-23/h4-14,16H,3,15H2,1-2H3,(H2,29,35)(H,30,31,36). The van der Waals surface area contributed by atoms with E-state index in [0.717, 1.165) is 17.7 Å². The van der Waals surface area contributed by atoms with Crippen LogP contribution in [0.4, 0.5) is 14.9 Å². The molecular formula is C26H25ClFN5O4. The molecule has 0 saturated carbocycles. The predicted octanol–water partition coefficient (Wildman–Crippen LogP) is 4.68. The van der Waals surface area contributed by atoms with Crippen molar-refractivity contribution in [1.82, 2.24) is 15.1 Å². The number of halogens is 2. The summed E-state index contributed by atoms with van der Waals surface area (Å²) in [4.78, 5) is 43.0. The van der Waals surface area contributed by atoms with E-state index in [2.05, 4.69) is 10.3 Å². The lowest BCUT2D eigenvalue weighted by Crippen LogP contribution is -2.47. The molecule has 3 N–H and O–H groups in total. The minimum Gasteiger partial charge on any atom is -0.457 e. The van der Waals surface area contributed by atoms with Crippen LogP contribution in [0.15, 0.2) is 71.7 Å². The summed E-state index contributed by atoms with van der Waals surface area (Å²) in [5.74, 6) is -1.00. The number of nitrogens with one attached hydrogen (secondary N) is 1. The van der Waals surface area contributed by atoms with Gasteiger partial charge in [0.15, 0.2) is 0 Å². The molecule has 0 heterocycles. The summed E-state index contributed by atoms with van der Waals surface area (Å²) < 4.78 is 19.4. The van der Waals surface area contributed by atoms with Gasteiger partial charge in [0.1, 0.15) is 17.3 Å². The van der Waals surface area contributed by atoms with Crippen molar-refractivity contribution < 1.29 is 23.5 Å². The van der Waals surface area contributed by atoms with Gasteiger partial charge in [0.05, 0.1) is 12.2 Å². The number of hydrogen-bond donors (Lipinski definition) is 2. The van der Waals surface area contributed by atoms with Gasteiger partial charge >= 0.3 is 6.03 Å². The van der Waals surface area contributed by atoms with E-state index in [1.807, 2.05) is 6.92 Å². The van der Waals surface area contributed by atoms with Gasteiger partial charge in [0.2, 0.25) is 18.3 Å². The minimum absolute atomic E-state index is 0.0140. The summed E-state index contributed by atoms with van der Waals surface area (Å²) in [6.45, 7) is 2.39. The summed E-state index contributed by atoms with van der Waals surface area (Å²) in [6.07, 6.45) is 0.567. The Hall–Kier alpha value is -4.44. The van der Waals surface area contributed by atoms with Gasteiger partial charge in [-0.05, 0) is 61.0 Å². The van der Waals surface area contributed by atoms with Gasteiger partial charge in [-0.2, -0.15) is 0 Å². The predicted molar refractivity (Wildman–Crippen MR) is 138 cm³/mol. The molecule has 0 radical (unpaired) electrons. The number of benzene rings is 3. The molecule has 0 atom stereocenters. The van der Waals surface area contributed by atoms with Crippen LogP contribution in [-0.2, 0) is 11.3 Å². The van der Waals surface area contributed by atoms with Crippen molar-refractivity contribution in [2.24, 2.45) is 10.7 Å². The summed E-state index contributed by atoms with van der Waals surface area (Å²) >= 11 is 5.95. The highest BCUT2D eigenvalue weighted by atomic mass is 35.5. The summed E-state index contributed by atoms with van der Waals surface area (Å²) in [5.41, 5.74) is 6.37. The zero-order chi connectivity index (χ0) is 26.9. The number of ether oxygens (including phenoxy) is 1. The van der Waals surface area contributed by atoms with Crippen LogP contribution in [0.1, 0.15) is 22.8 Å². The molecule has 3 aromatic rings. The maximum Gasteiger partial charge on any atom is 0.323 e. The number of guanidine groups is 1. The third kappa shape index (κ3) is 7.77. The van der Waals surface area contributed by atoms with E-state index >= 15 is 0 Å². The zero-order valence-corrected chi connectivity index (χ0v) is 20.9. The van der Waals surface area contributed by atoms with Crippen molar-refractivity contribution in [2.45, 2.75) is 13.5 Å². The summed E-state index contributed by atoms with van der Waals surface area (Å²) in [7, 11) is 1.61. The van der Waals surface area contributed by atoms with Gasteiger partial charge in [0, 0.05) is 30.2 Å². The fourth-order valence-electron chi connectivity index (χ4n) is 3.06. The highest BCUT2D eigenvalue weighted by Crippen LogP contribution is 2.26. The number of carbonyl (C=O) groups is 3. The topological polar surface area (TPSA) is 117 Å². The van der Waals surface area contributed by atoms with Crippen molar-refractivity contribution in [3.8, 4) is 11.5 Å². The molecule has 0 saturated heterocycles. The van der Waals surface area contributed by atoms with Gasteiger partial charge in [-0.25, -0.2) is 14.2 Å². The molecule has 0 spiro atoms. The van der Waals surface area contributed by atoms with E-state index in [-0.39, 0.29) is 23.8 Å². The van der Waals surface area contributed by atoms with E-state index in [0.29, 0.717) is 29.4 Å². The third-order valence-corrected chi connectivity index (χ3v) is 5.42. The van der Waals surface area contributed by atoms with Crippen LogP contribution in [0, 0.1) is 5.82 Å². The molecule has 0 aliphatic heterocycles. The molecule has 3 aromatic carbocycles. The Balaban J connectivity index is 1.86. The van der Waals surface area contributed by atoms with Crippen molar-refractivity contribution in [3.63, 3.8) is 0 Å². The van der Waals surface area contributed by atoms with Crippen LogP contribution in [0.25, 0.3) is 0 Å². The minimum atomic E-state index is -0.782. The van der Waals surface area contributed by atoms with Crippen molar-refractivity contribution >= 4 is 41.6 Å². The molecule has 0 aliphatic rings. The number of hydrogen-bond acceptors (Lipinski definition) is 5. The number of urea groups is 1. The number of nitrogens with zero attached hydrogens (tertiary/aromatic N) is 3. The first-order valence-corrected chi connectivity index (χ1v) is 11.5.